The molecule has 1 aromatic carbocycles. The van der Waals surface area contributed by atoms with Gasteiger partial charge in [0.15, 0.2) is 11.5 Å². The van der Waals surface area contributed by atoms with Crippen molar-refractivity contribution in [1.82, 2.24) is 10.2 Å². The van der Waals surface area contributed by atoms with E-state index >= 15 is 0 Å². The largest absolute Gasteiger partial charge is 0.493 e. The Bertz CT molecular complexity index is 877. The molecule has 3 aromatic rings. The molecule has 7 nitrogen and oxygen atoms in total. The Hall–Kier alpha value is -2.39. The van der Waals surface area contributed by atoms with E-state index in [9.17, 15) is 4.79 Å². The number of nitrogens with zero attached hydrogens (tertiary/aromatic N) is 2. The molecule has 0 unspecified atom stereocenters. The average molecular weight is 410 g/mol. The number of methoxy groups -OCH3 is 2. The van der Waals surface area contributed by atoms with Crippen LogP contribution in [0, 0.1) is 0 Å². The number of benzene rings is 1. The highest BCUT2D eigenvalue weighted by Gasteiger charge is 2.15. The summed E-state index contributed by atoms with van der Waals surface area (Å²) in [6.07, 6.45) is 0. The number of carbonyl (C=O) groups excluding carboxylic acids is 1. The van der Waals surface area contributed by atoms with Crippen LogP contribution >= 0.6 is 27.3 Å². The Balaban J connectivity index is 1.79. The van der Waals surface area contributed by atoms with Crippen LogP contribution in [0.2, 0.25) is 0 Å². The van der Waals surface area contributed by atoms with Crippen molar-refractivity contribution in [2.75, 3.05) is 19.5 Å². The number of amides is 1. The third kappa shape index (κ3) is 3.41. The molecule has 0 spiro atoms. The molecule has 2 heterocycles. The highest BCUT2D eigenvalue weighted by atomic mass is 79.9. The van der Waals surface area contributed by atoms with Gasteiger partial charge in [-0.15, -0.1) is 16.4 Å². The van der Waals surface area contributed by atoms with Crippen LogP contribution in [0.15, 0.2) is 38.5 Å². The molecule has 9 heteroatoms. The second-order valence-electron chi connectivity index (χ2n) is 4.54. The van der Waals surface area contributed by atoms with Gasteiger partial charge in [0.05, 0.1) is 22.9 Å². The molecule has 124 valence electrons. The second kappa shape index (κ2) is 7.02. The van der Waals surface area contributed by atoms with Gasteiger partial charge in [0.25, 0.3) is 5.91 Å². The first-order valence-corrected chi connectivity index (χ1v) is 8.34. The lowest BCUT2D eigenvalue weighted by Gasteiger charge is -2.07. The number of hydrogen-bond donors (Lipinski definition) is 1. The summed E-state index contributed by atoms with van der Waals surface area (Å²) in [5.41, 5.74) is 0.652. The number of halogens is 1. The zero-order valence-electron chi connectivity index (χ0n) is 12.7. The number of anilines is 1. The first-order chi connectivity index (χ1) is 11.6. The lowest BCUT2D eigenvalue weighted by atomic mass is 10.2. The van der Waals surface area contributed by atoms with Crippen molar-refractivity contribution in [3.05, 3.63) is 39.0 Å². The number of ether oxygens (including phenoxy) is 2. The molecule has 2 aromatic heterocycles. The predicted octanol–water partition coefficient (Wildman–Crippen LogP) is 3.83. The maximum atomic E-state index is 12.1. The third-order valence-electron chi connectivity index (χ3n) is 3.07. The molecule has 0 bridgehead atoms. The van der Waals surface area contributed by atoms with Crippen LogP contribution in [0.5, 0.6) is 11.5 Å². The average Bonchev–Trinajstić information content (AvgIpc) is 3.23. The fraction of sp³-hybridized carbons (Fsp3) is 0.133. The molecular weight excluding hydrogens is 398 g/mol. The van der Waals surface area contributed by atoms with Gasteiger partial charge in [0.2, 0.25) is 5.89 Å². The molecule has 0 aliphatic rings. The van der Waals surface area contributed by atoms with Crippen molar-refractivity contribution in [2.45, 2.75) is 0 Å². The van der Waals surface area contributed by atoms with Crippen LogP contribution in [0.4, 0.5) is 6.01 Å². The molecule has 0 fully saturated rings. The van der Waals surface area contributed by atoms with Gasteiger partial charge in [-0.3, -0.25) is 10.1 Å². The molecule has 0 atom stereocenters. The van der Waals surface area contributed by atoms with E-state index in [-0.39, 0.29) is 17.8 Å². The van der Waals surface area contributed by atoms with Crippen molar-refractivity contribution in [2.24, 2.45) is 0 Å². The number of aromatic nitrogens is 2. The number of carbonyl (C=O) groups is 1. The Labute approximate surface area is 149 Å². The van der Waals surface area contributed by atoms with E-state index < -0.39 is 0 Å². The SMILES string of the molecule is COc1ccc(-c2nnc(NC(=O)c3ccc(Br)s3)o2)cc1OC. The second-order valence-corrected chi connectivity index (χ2v) is 7.00. The zero-order chi connectivity index (χ0) is 17.1. The van der Waals surface area contributed by atoms with Gasteiger partial charge >= 0.3 is 6.01 Å². The first-order valence-electron chi connectivity index (χ1n) is 6.73. The van der Waals surface area contributed by atoms with Crippen molar-refractivity contribution in [1.29, 1.82) is 0 Å². The fourth-order valence-electron chi connectivity index (χ4n) is 1.95. The van der Waals surface area contributed by atoms with Crippen molar-refractivity contribution >= 4 is 39.2 Å². The third-order valence-corrected chi connectivity index (χ3v) is 4.70. The molecule has 1 N–H and O–H groups in total. The van der Waals surface area contributed by atoms with Gasteiger partial charge in [0, 0.05) is 5.56 Å². The van der Waals surface area contributed by atoms with Crippen LogP contribution in [0.3, 0.4) is 0 Å². The molecule has 0 aliphatic heterocycles. The highest BCUT2D eigenvalue weighted by Crippen LogP contribution is 2.32. The standard InChI is InChI=1S/C15H12BrN3O4S/c1-21-9-4-3-8(7-10(9)22-2)14-18-19-15(23-14)17-13(20)11-5-6-12(16)24-11/h3-7H,1-2H3,(H,17,19,20). The summed E-state index contributed by atoms with van der Waals surface area (Å²) in [5, 5.41) is 10.3. The van der Waals surface area contributed by atoms with E-state index in [2.05, 4.69) is 31.4 Å². The summed E-state index contributed by atoms with van der Waals surface area (Å²) in [6.45, 7) is 0. The smallest absolute Gasteiger partial charge is 0.322 e. The normalized spacial score (nSPS) is 10.5. The molecular formula is C15H12BrN3O4S. The molecule has 0 saturated carbocycles. The minimum absolute atomic E-state index is 0.0225. The summed E-state index contributed by atoms with van der Waals surface area (Å²) >= 11 is 4.62. The van der Waals surface area contributed by atoms with E-state index in [0.29, 0.717) is 21.9 Å². The molecule has 3 rings (SSSR count). The molecule has 0 aliphatic carbocycles. The van der Waals surface area contributed by atoms with Crippen molar-refractivity contribution in [3.63, 3.8) is 0 Å². The topological polar surface area (TPSA) is 86.5 Å². The van der Waals surface area contributed by atoms with Gasteiger partial charge in [-0.25, -0.2) is 0 Å². The lowest BCUT2D eigenvalue weighted by Crippen LogP contribution is -2.10. The van der Waals surface area contributed by atoms with E-state index in [1.54, 1.807) is 44.6 Å². The summed E-state index contributed by atoms with van der Waals surface area (Å²) < 4.78 is 16.8. The van der Waals surface area contributed by atoms with Crippen molar-refractivity contribution < 1.29 is 18.7 Å². The van der Waals surface area contributed by atoms with Crippen LogP contribution in [0.1, 0.15) is 9.67 Å². The summed E-state index contributed by atoms with van der Waals surface area (Å²) in [6, 6.07) is 8.73. The van der Waals surface area contributed by atoms with E-state index in [4.69, 9.17) is 13.9 Å². The van der Waals surface area contributed by atoms with Crippen LogP contribution < -0.4 is 14.8 Å². The van der Waals surface area contributed by atoms with E-state index in [0.717, 1.165) is 3.79 Å². The monoisotopic (exact) mass is 409 g/mol. The minimum atomic E-state index is -0.312. The number of thiophene rings is 1. The molecule has 0 saturated heterocycles. The Kier molecular flexibility index (Phi) is 4.81. The lowest BCUT2D eigenvalue weighted by molar-refractivity contribution is 0.102. The van der Waals surface area contributed by atoms with Crippen LogP contribution in [-0.4, -0.2) is 30.3 Å². The summed E-state index contributed by atoms with van der Waals surface area (Å²) in [5.74, 6) is 1.09. The number of rotatable bonds is 5. The fourth-order valence-corrected chi connectivity index (χ4v) is 3.24. The van der Waals surface area contributed by atoms with Gasteiger partial charge in [-0.05, 0) is 46.3 Å². The summed E-state index contributed by atoms with van der Waals surface area (Å²) in [4.78, 5) is 12.6. The Morgan fingerprint density at radius 2 is 1.96 bits per heavy atom. The zero-order valence-corrected chi connectivity index (χ0v) is 15.1. The van der Waals surface area contributed by atoms with E-state index in [1.165, 1.54) is 11.3 Å². The molecule has 0 radical (unpaired) electrons. The molecule has 1 amide bonds. The Morgan fingerprint density at radius 3 is 2.62 bits per heavy atom. The first kappa shape index (κ1) is 16.5. The summed E-state index contributed by atoms with van der Waals surface area (Å²) in [7, 11) is 3.10. The van der Waals surface area contributed by atoms with Crippen molar-refractivity contribution in [3.8, 4) is 23.0 Å². The van der Waals surface area contributed by atoms with Gasteiger partial charge in [0.1, 0.15) is 0 Å². The highest BCUT2D eigenvalue weighted by molar-refractivity contribution is 9.11. The van der Waals surface area contributed by atoms with E-state index in [1.807, 2.05) is 0 Å². The number of nitrogens with one attached hydrogen (secondary N) is 1. The number of hydrogen-bond acceptors (Lipinski definition) is 7. The van der Waals surface area contributed by atoms with Gasteiger partial charge < -0.3 is 13.9 Å². The minimum Gasteiger partial charge on any atom is -0.493 e. The maximum Gasteiger partial charge on any atom is 0.322 e. The predicted molar refractivity (Wildman–Crippen MR) is 92.8 cm³/mol. The van der Waals surface area contributed by atoms with Crippen LogP contribution in [-0.2, 0) is 0 Å². The Morgan fingerprint density at radius 1 is 1.17 bits per heavy atom. The van der Waals surface area contributed by atoms with Gasteiger partial charge in [-0.1, -0.05) is 5.10 Å². The van der Waals surface area contributed by atoms with Crippen LogP contribution in [0.25, 0.3) is 11.5 Å². The quantitative estimate of drug-likeness (QED) is 0.688. The molecule has 24 heavy (non-hydrogen) atoms. The van der Waals surface area contributed by atoms with Gasteiger partial charge in [-0.2, -0.15) is 0 Å². The maximum absolute atomic E-state index is 12.1.